The third kappa shape index (κ3) is 13.6. The molecule has 686 valence electrons. The van der Waals surface area contributed by atoms with Crippen molar-refractivity contribution in [3.05, 3.63) is 414 Å². The van der Waals surface area contributed by atoms with Gasteiger partial charge < -0.3 is 4.57 Å². The van der Waals surface area contributed by atoms with Gasteiger partial charge in [0.25, 0.3) is 0 Å². The molecule has 15 heterocycles. The van der Waals surface area contributed by atoms with Gasteiger partial charge in [0.15, 0.2) is 40.8 Å². The molecule has 0 fully saturated rings. The normalized spacial score (nSPS) is 11.9. The Labute approximate surface area is 858 Å². The number of rotatable bonds is 11. The Morgan fingerprint density at radius 1 is 0.177 bits per heavy atom. The van der Waals surface area contributed by atoms with Crippen molar-refractivity contribution in [3.63, 3.8) is 0 Å². The van der Waals surface area contributed by atoms with Crippen molar-refractivity contribution in [2.45, 2.75) is 0 Å². The van der Waals surface area contributed by atoms with Crippen LogP contribution in [0, 0.1) is 0 Å². The fourth-order valence-corrected chi connectivity index (χ4v) is 28.7. The van der Waals surface area contributed by atoms with Crippen LogP contribution in [-0.4, -0.2) is 88.5 Å². The summed E-state index contributed by atoms with van der Waals surface area (Å²) in [5.74, 6) is 5.56. The fraction of sp³-hybridized carbons (Fsp3) is 0. The van der Waals surface area contributed by atoms with Crippen LogP contribution in [0.5, 0.6) is 0 Å². The van der Waals surface area contributed by atoms with Crippen LogP contribution in [0.15, 0.2) is 414 Å². The Kier molecular flexibility index (Phi) is 19.7. The third-order valence-electron chi connectivity index (χ3n) is 27.6. The zero-order valence-electron chi connectivity index (χ0n) is 77.3. The van der Waals surface area contributed by atoms with E-state index in [9.17, 15) is 0 Å². The van der Waals surface area contributed by atoms with Crippen LogP contribution in [0.2, 0.25) is 0 Å². The number of nitrogens with zero attached hydrogens (tertiary/aromatic N) is 18. The lowest BCUT2D eigenvalue weighted by molar-refractivity contribution is 0.955. The summed E-state index contributed by atoms with van der Waals surface area (Å²) in [6.07, 6.45) is 10.8. The highest BCUT2D eigenvalue weighted by atomic mass is 32.1. The van der Waals surface area contributed by atoms with Crippen LogP contribution in [0.25, 0.3) is 295 Å². The van der Waals surface area contributed by atoms with Crippen molar-refractivity contribution in [1.82, 2.24) is 88.5 Å². The summed E-state index contributed by atoms with van der Waals surface area (Å²) in [4.78, 5) is 73.8. The summed E-state index contributed by atoms with van der Waals surface area (Å²) in [7, 11) is 0. The van der Waals surface area contributed by atoms with E-state index >= 15 is 0 Å². The summed E-state index contributed by atoms with van der Waals surface area (Å²) in [5, 5.41) is 17.8. The van der Waals surface area contributed by atoms with Crippen molar-refractivity contribution in [3.8, 4) is 108 Å². The minimum atomic E-state index is 0.572. The van der Waals surface area contributed by atoms with Gasteiger partial charge in [-0.3, -0.25) is 9.13 Å². The molecule has 18 nitrogen and oxygen atoms in total. The van der Waals surface area contributed by atoms with Crippen LogP contribution >= 0.6 is 68.0 Å². The molecule has 0 bridgehead atoms. The number of thiophene rings is 6. The second-order valence-electron chi connectivity index (χ2n) is 36.0. The number of fused-ring (bicyclic) bond motifs is 36. The summed E-state index contributed by atoms with van der Waals surface area (Å²) >= 11 is 10.8. The highest BCUT2D eigenvalue weighted by Crippen LogP contribution is 2.57. The first kappa shape index (κ1) is 84.4. The Bertz CT molecular complexity index is 10900. The Balaban J connectivity index is 0.000000102. The Morgan fingerprint density at radius 2 is 0.422 bits per heavy atom. The van der Waals surface area contributed by atoms with Crippen molar-refractivity contribution in [1.29, 1.82) is 0 Å². The predicted molar refractivity (Wildman–Crippen MR) is 610 cm³/mol. The van der Waals surface area contributed by atoms with Crippen LogP contribution in [0.4, 0.5) is 0 Å². The smallest absolute Gasteiger partial charge is 0.238 e. The third-order valence-corrected chi connectivity index (χ3v) is 35.0. The van der Waals surface area contributed by atoms with E-state index in [2.05, 4.69) is 259 Å². The monoisotopic (exact) mass is 1990 g/mol. The summed E-state index contributed by atoms with van der Waals surface area (Å²) in [6.45, 7) is 0. The van der Waals surface area contributed by atoms with E-state index in [0.29, 0.717) is 52.7 Å². The molecule has 0 spiro atoms. The van der Waals surface area contributed by atoms with E-state index in [-0.39, 0.29) is 0 Å². The van der Waals surface area contributed by atoms with Crippen molar-refractivity contribution < 1.29 is 0 Å². The van der Waals surface area contributed by atoms with Gasteiger partial charge in [-0.25, -0.2) is 54.8 Å². The zero-order valence-corrected chi connectivity index (χ0v) is 82.2. The fourth-order valence-electron chi connectivity index (χ4n) is 21.3. The molecule has 0 radical (unpaired) electrons. The van der Waals surface area contributed by atoms with Crippen molar-refractivity contribution >= 4 is 255 Å². The minimum absolute atomic E-state index is 0.572. The molecular formula is C123H68N18S6. The van der Waals surface area contributed by atoms with Gasteiger partial charge in [-0.05, 0) is 59.7 Å². The number of benzene rings is 17. The largest absolute Gasteiger partial charge is 0.309 e. The van der Waals surface area contributed by atoms with Gasteiger partial charge in [-0.15, -0.1) is 68.0 Å². The second-order valence-corrected chi connectivity index (χ2v) is 42.3. The van der Waals surface area contributed by atoms with Gasteiger partial charge in [-0.2, -0.15) is 19.9 Å². The van der Waals surface area contributed by atoms with E-state index in [1.807, 2.05) is 198 Å². The van der Waals surface area contributed by atoms with E-state index in [0.717, 1.165) is 141 Å². The molecule has 0 aliphatic carbocycles. The highest BCUT2D eigenvalue weighted by Gasteiger charge is 2.32. The molecule has 0 saturated carbocycles. The molecule has 17 aromatic carbocycles. The first-order valence-corrected chi connectivity index (χ1v) is 52.8. The van der Waals surface area contributed by atoms with Gasteiger partial charge >= 0.3 is 0 Å². The predicted octanol–water partition coefficient (Wildman–Crippen LogP) is 32.8. The molecule has 24 heteroatoms. The van der Waals surface area contributed by atoms with Crippen LogP contribution in [-0.2, 0) is 0 Å². The van der Waals surface area contributed by atoms with Gasteiger partial charge in [0.05, 0.1) is 91.9 Å². The quantitative estimate of drug-likeness (QED) is 0.118. The maximum Gasteiger partial charge on any atom is 0.238 e. The molecule has 0 unspecified atom stereocenters. The van der Waals surface area contributed by atoms with E-state index < -0.39 is 0 Å². The van der Waals surface area contributed by atoms with Crippen molar-refractivity contribution in [2.24, 2.45) is 0 Å². The second kappa shape index (κ2) is 34.3. The van der Waals surface area contributed by atoms with Gasteiger partial charge in [0.2, 0.25) is 11.9 Å². The molecule has 32 rings (SSSR count). The molecule has 0 N–H and O–H groups in total. The molecule has 0 amide bonds. The minimum Gasteiger partial charge on any atom is -0.309 e. The Hall–Kier alpha value is -18.3. The van der Waals surface area contributed by atoms with Gasteiger partial charge in [0.1, 0.15) is 19.0 Å². The van der Waals surface area contributed by atoms with Crippen LogP contribution < -0.4 is 0 Å². The van der Waals surface area contributed by atoms with Gasteiger partial charge in [0, 0.05) is 158 Å². The van der Waals surface area contributed by atoms with E-state index in [4.69, 9.17) is 59.8 Å². The lowest BCUT2D eigenvalue weighted by atomic mass is 10.0. The van der Waals surface area contributed by atoms with Crippen molar-refractivity contribution in [2.75, 3.05) is 0 Å². The SMILES string of the molecule is c1ccc(-c2ccc(-c3nc(-c4ccccc4)nc(-n4c5ccccc5c5c6c7ncncc7sc6c6sc7ccccc7c6c54)n3)cc2)cc1.c1ccc(-c2nc(-c3ccccc3)nc(-c3cccc(-n4c5ccccc5c5c6c7ncncc7sc6c6sc7ccccc7c6c54)c3)n2)cc1.c1ccc(-c2nc(-c3ccccc3)nc(-n3c4ccccc4c4c5c6ncncc6sc5c5sc6ccccc6c5c43)n2)cc1. The number of hydrogen-bond donors (Lipinski definition) is 0. The van der Waals surface area contributed by atoms with Gasteiger partial charge in [-0.1, -0.05) is 328 Å². The molecule has 0 aliphatic heterocycles. The maximum atomic E-state index is 5.30. The number of aromatic nitrogens is 18. The molecular weight excluding hydrogens is 1920 g/mol. The first-order valence-electron chi connectivity index (χ1n) is 47.9. The lowest BCUT2D eigenvalue weighted by Gasteiger charge is -2.12. The van der Waals surface area contributed by atoms with Crippen LogP contribution in [0.3, 0.4) is 0 Å². The average molecular weight is 1990 g/mol. The first-order chi connectivity index (χ1) is 72.9. The molecule has 0 aliphatic rings. The van der Waals surface area contributed by atoms with E-state index in [1.165, 1.54) is 102 Å². The standard InChI is InChI=1S/2C43H24N6S2.C37H20N6S2/c1-3-12-25(13-4-1)41-46-42(26-14-5-2-6-15-26)48-43(47-41)27-16-11-17-28(22-27)49-31-20-9-7-18-29(31)34-36-37-33(23-44-24-45-37)51-40(36)39-35(38(34)49)30-19-8-10-21-32(30)50-39;1-3-11-25(12-4-1)26-19-21-28(22-20-26)42-46-41(27-13-5-2-6-14-27)47-43(48-42)49-31-17-9-7-15-29(31)34-36-37-33(23-44-24-45-37)51-40(36)39-35(38(34)49)30-16-8-10-18-32(30)50-39;1-3-11-21(12-4-1)35-40-36(22-13-5-2-6-14-22)42-37(41-35)43-25-17-9-7-15-23(25)28-30-31-27(19-38-20-39-31)45-34(30)33-29(32(28)43)24-16-8-10-18-26(24)44-33/h2*1-24H;1-20H. The maximum absolute atomic E-state index is 5.30. The summed E-state index contributed by atoms with van der Waals surface area (Å²) < 4.78 is 21.4. The van der Waals surface area contributed by atoms with E-state index in [1.54, 1.807) is 53.0 Å². The topological polar surface area (TPSA) is 208 Å². The average Bonchev–Trinajstić information content (AvgIpc) is 1.53. The molecule has 147 heavy (non-hydrogen) atoms. The number of hydrogen-bond acceptors (Lipinski definition) is 21. The lowest BCUT2D eigenvalue weighted by Crippen LogP contribution is -2.06. The molecule has 15 aromatic heterocycles. The summed E-state index contributed by atoms with van der Waals surface area (Å²) in [5.41, 5.74) is 19.3. The van der Waals surface area contributed by atoms with Crippen LogP contribution in [0.1, 0.15) is 0 Å². The molecule has 0 atom stereocenters. The molecule has 0 saturated heterocycles. The Morgan fingerprint density at radius 3 is 0.769 bits per heavy atom. The molecule has 32 aromatic rings. The zero-order chi connectivity index (χ0) is 96.4. The number of para-hydroxylation sites is 3. The highest BCUT2D eigenvalue weighted by molar-refractivity contribution is 7.35. The summed E-state index contributed by atoms with van der Waals surface area (Å²) in [6, 6.07) is 130.